The molecule has 3 heteroatoms. The normalized spacial score (nSPS) is 17.5. The lowest BCUT2D eigenvalue weighted by molar-refractivity contribution is 0.145. The van der Waals surface area contributed by atoms with Crippen molar-refractivity contribution in [1.82, 2.24) is 0 Å². The fraction of sp³-hybridized carbons (Fsp3) is 0.571. The minimum atomic E-state index is -0.108. The maximum absolute atomic E-state index is 9.51. The number of piperidine rings is 1. The third-order valence-electron chi connectivity index (χ3n) is 3.13. The summed E-state index contributed by atoms with van der Waals surface area (Å²) in [4.78, 5) is 2.35. The lowest BCUT2D eigenvalue weighted by Crippen LogP contribution is -2.35. The molecular formula is C14H22N2O. The SMILES string of the molecule is CC(C)Nc1cccc(N2CCC(O)CC2)c1. The molecule has 1 saturated heterocycles. The number of aliphatic hydroxyl groups is 1. The molecule has 3 nitrogen and oxygen atoms in total. The smallest absolute Gasteiger partial charge is 0.0574 e. The summed E-state index contributed by atoms with van der Waals surface area (Å²) >= 11 is 0. The molecule has 0 amide bonds. The van der Waals surface area contributed by atoms with Gasteiger partial charge in [-0.05, 0) is 44.9 Å². The molecule has 1 fully saturated rings. The van der Waals surface area contributed by atoms with Gasteiger partial charge in [-0.3, -0.25) is 0 Å². The van der Waals surface area contributed by atoms with E-state index < -0.39 is 0 Å². The number of anilines is 2. The van der Waals surface area contributed by atoms with Crippen molar-refractivity contribution < 1.29 is 5.11 Å². The van der Waals surface area contributed by atoms with Crippen LogP contribution in [0, 0.1) is 0 Å². The van der Waals surface area contributed by atoms with Crippen LogP contribution in [-0.4, -0.2) is 30.3 Å². The van der Waals surface area contributed by atoms with Gasteiger partial charge in [0.25, 0.3) is 0 Å². The van der Waals surface area contributed by atoms with Gasteiger partial charge in [0.2, 0.25) is 0 Å². The van der Waals surface area contributed by atoms with Crippen LogP contribution in [-0.2, 0) is 0 Å². The van der Waals surface area contributed by atoms with Crippen molar-refractivity contribution in [3.63, 3.8) is 0 Å². The molecule has 0 spiro atoms. The molecule has 1 aliphatic heterocycles. The molecule has 1 heterocycles. The lowest BCUT2D eigenvalue weighted by atomic mass is 10.1. The second kappa shape index (κ2) is 5.41. The zero-order valence-electron chi connectivity index (χ0n) is 10.7. The highest BCUT2D eigenvalue weighted by Gasteiger charge is 2.17. The van der Waals surface area contributed by atoms with Crippen molar-refractivity contribution >= 4 is 11.4 Å². The van der Waals surface area contributed by atoms with Crippen molar-refractivity contribution in [2.24, 2.45) is 0 Å². The Morgan fingerprint density at radius 2 is 2.00 bits per heavy atom. The second-order valence-electron chi connectivity index (χ2n) is 5.07. The summed E-state index contributed by atoms with van der Waals surface area (Å²) in [6.45, 7) is 6.19. The van der Waals surface area contributed by atoms with Gasteiger partial charge in [0.05, 0.1) is 6.10 Å². The molecular weight excluding hydrogens is 212 g/mol. The molecule has 1 aromatic rings. The molecule has 94 valence electrons. The maximum atomic E-state index is 9.51. The summed E-state index contributed by atoms with van der Waals surface area (Å²) < 4.78 is 0. The molecule has 0 aliphatic carbocycles. The minimum Gasteiger partial charge on any atom is -0.393 e. The third kappa shape index (κ3) is 3.37. The average Bonchev–Trinajstić information content (AvgIpc) is 2.29. The molecule has 2 N–H and O–H groups in total. The molecule has 0 aromatic heterocycles. The van der Waals surface area contributed by atoms with E-state index in [4.69, 9.17) is 0 Å². The highest BCUT2D eigenvalue weighted by Crippen LogP contribution is 2.23. The summed E-state index contributed by atoms with van der Waals surface area (Å²) in [7, 11) is 0. The summed E-state index contributed by atoms with van der Waals surface area (Å²) in [5, 5.41) is 12.9. The highest BCUT2D eigenvalue weighted by atomic mass is 16.3. The Kier molecular flexibility index (Phi) is 3.89. The van der Waals surface area contributed by atoms with E-state index in [2.05, 4.69) is 48.3 Å². The van der Waals surface area contributed by atoms with Gasteiger partial charge < -0.3 is 15.3 Å². The van der Waals surface area contributed by atoms with Gasteiger partial charge in [0.1, 0.15) is 0 Å². The predicted octanol–water partition coefficient (Wildman–Crippen LogP) is 2.47. The highest BCUT2D eigenvalue weighted by molar-refractivity contribution is 5.58. The van der Waals surface area contributed by atoms with E-state index in [1.165, 1.54) is 11.4 Å². The Labute approximate surface area is 103 Å². The van der Waals surface area contributed by atoms with Crippen LogP contribution in [0.2, 0.25) is 0 Å². The number of aliphatic hydroxyl groups excluding tert-OH is 1. The van der Waals surface area contributed by atoms with Crippen LogP contribution < -0.4 is 10.2 Å². The number of benzene rings is 1. The van der Waals surface area contributed by atoms with E-state index in [1.807, 2.05) is 0 Å². The topological polar surface area (TPSA) is 35.5 Å². The number of nitrogens with zero attached hydrogens (tertiary/aromatic N) is 1. The van der Waals surface area contributed by atoms with Crippen LogP contribution in [0.5, 0.6) is 0 Å². The van der Waals surface area contributed by atoms with E-state index in [-0.39, 0.29) is 6.10 Å². The van der Waals surface area contributed by atoms with Gasteiger partial charge in [-0.1, -0.05) is 6.07 Å². The van der Waals surface area contributed by atoms with Gasteiger partial charge in [-0.25, -0.2) is 0 Å². The fourth-order valence-corrected chi connectivity index (χ4v) is 2.25. The summed E-state index contributed by atoms with van der Waals surface area (Å²) in [6, 6.07) is 8.97. The van der Waals surface area contributed by atoms with E-state index in [0.29, 0.717) is 6.04 Å². The summed E-state index contributed by atoms with van der Waals surface area (Å²) in [5.74, 6) is 0. The van der Waals surface area contributed by atoms with E-state index in [9.17, 15) is 5.11 Å². The summed E-state index contributed by atoms with van der Waals surface area (Å²) in [6.07, 6.45) is 1.65. The summed E-state index contributed by atoms with van der Waals surface area (Å²) in [5.41, 5.74) is 2.42. The van der Waals surface area contributed by atoms with Crippen molar-refractivity contribution in [2.45, 2.75) is 38.8 Å². The quantitative estimate of drug-likeness (QED) is 0.843. The first-order valence-corrected chi connectivity index (χ1v) is 6.45. The largest absolute Gasteiger partial charge is 0.393 e. The molecule has 0 unspecified atom stereocenters. The molecule has 0 atom stereocenters. The van der Waals surface area contributed by atoms with Crippen LogP contribution in [0.1, 0.15) is 26.7 Å². The first kappa shape index (κ1) is 12.2. The Bertz CT molecular complexity index is 357. The van der Waals surface area contributed by atoms with Gasteiger partial charge in [-0.15, -0.1) is 0 Å². The molecule has 2 rings (SSSR count). The Morgan fingerprint density at radius 3 is 2.65 bits per heavy atom. The minimum absolute atomic E-state index is 0.108. The van der Waals surface area contributed by atoms with Crippen LogP contribution in [0.15, 0.2) is 24.3 Å². The molecule has 0 radical (unpaired) electrons. The first-order valence-electron chi connectivity index (χ1n) is 6.45. The number of hydrogen-bond acceptors (Lipinski definition) is 3. The van der Waals surface area contributed by atoms with E-state index in [0.717, 1.165) is 25.9 Å². The maximum Gasteiger partial charge on any atom is 0.0574 e. The first-order chi connectivity index (χ1) is 8.15. The zero-order chi connectivity index (χ0) is 12.3. The average molecular weight is 234 g/mol. The van der Waals surface area contributed by atoms with Gasteiger partial charge in [0.15, 0.2) is 0 Å². The second-order valence-corrected chi connectivity index (χ2v) is 5.07. The van der Waals surface area contributed by atoms with Crippen molar-refractivity contribution in [2.75, 3.05) is 23.3 Å². The molecule has 17 heavy (non-hydrogen) atoms. The number of rotatable bonds is 3. The van der Waals surface area contributed by atoms with Crippen LogP contribution in [0.4, 0.5) is 11.4 Å². The Balaban J connectivity index is 2.05. The fourth-order valence-electron chi connectivity index (χ4n) is 2.25. The molecule has 0 saturated carbocycles. The van der Waals surface area contributed by atoms with E-state index in [1.54, 1.807) is 0 Å². The van der Waals surface area contributed by atoms with Crippen LogP contribution in [0.25, 0.3) is 0 Å². The third-order valence-corrected chi connectivity index (χ3v) is 3.13. The number of nitrogens with one attached hydrogen (secondary N) is 1. The predicted molar refractivity (Wildman–Crippen MR) is 72.7 cm³/mol. The van der Waals surface area contributed by atoms with E-state index >= 15 is 0 Å². The number of hydrogen-bond donors (Lipinski definition) is 2. The molecule has 0 bridgehead atoms. The van der Waals surface area contributed by atoms with Gasteiger partial charge in [-0.2, -0.15) is 0 Å². The molecule has 1 aromatic carbocycles. The van der Waals surface area contributed by atoms with Crippen LogP contribution >= 0.6 is 0 Å². The van der Waals surface area contributed by atoms with Crippen molar-refractivity contribution in [1.29, 1.82) is 0 Å². The van der Waals surface area contributed by atoms with Crippen molar-refractivity contribution in [3.05, 3.63) is 24.3 Å². The molecule has 1 aliphatic rings. The standard InChI is InChI=1S/C14H22N2O/c1-11(2)15-12-4-3-5-13(10-12)16-8-6-14(17)7-9-16/h3-5,10-11,14-15,17H,6-9H2,1-2H3. The Hall–Kier alpha value is -1.22. The van der Waals surface area contributed by atoms with Gasteiger partial charge >= 0.3 is 0 Å². The zero-order valence-corrected chi connectivity index (χ0v) is 10.7. The Morgan fingerprint density at radius 1 is 1.29 bits per heavy atom. The van der Waals surface area contributed by atoms with Crippen LogP contribution in [0.3, 0.4) is 0 Å². The lowest BCUT2D eigenvalue weighted by Gasteiger charge is -2.31. The van der Waals surface area contributed by atoms with Gasteiger partial charge in [0, 0.05) is 30.5 Å². The monoisotopic (exact) mass is 234 g/mol. The van der Waals surface area contributed by atoms with Crippen molar-refractivity contribution in [3.8, 4) is 0 Å².